The van der Waals surface area contributed by atoms with Gasteiger partial charge in [0.2, 0.25) is 0 Å². The molecule has 0 aliphatic carbocycles. The summed E-state index contributed by atoms with van der Waals surface area (Å²) >= 11 is 0. The third-order valence-corrected chi connectivity index (χ3v) is 2.97. The number of aliphatic hydroxyl groups is 1. The first-order valence-electron chi connectivity index (χ1n) is 6.04. The van der Waals surface area contributed by atoms with Crippen molar-refractivity contribution in [2.75, 3.05) is 11.9 Å². The van der Waals surface area contributed by atoms with Gasteiger partial charge in [-0.2, -0.15) is 5.26 Å². The number of aliphatic hydroxyl groups excluding tert-OH is 1. The van der Waals surface area contributed by atoms with E-state index in [2.05, 4.69) is 16.4 Å². The van der Waals surface area contributed by atoms with E-state index in [1.165, 1.54) is 0 Å². The number of benzene rings is 1. The second-order valence-corrected chi connectivity index (χ2v) is 4.25. The van der Waals surface area contributed by atoms with Gasteiger partial charge in [0.05, 0.1) is 18.2 Å². The van der Waals surface area contributed by atoms with E-state index < -0.39 is 0 Å². The molecule has 0 aliphatic rings. The topological polar surface area (TPSA) is 68.9 Å². The van der Waals surface area contributed by atoms with E-state index in [0.29, 0.717) is 11.4 Å². The predicted molar refractivity (Wildman–Crippen MR) is 73.6 cm³/mol. The molecule has 19 heavy (non-hydrogen) atoms. The molecule has 0 bridgehead atoms. The van der Waals surface area contributed by atoms with E-state index >= 15 is 0 Å². The van der Waals surface area contributed by atoms with E-state index in [1.807, 2.05) is 37.3 Å². The van der Waals surface area contributed by atoms with Crippen molar-refractivity contribution in [3.05, 3.63) is 59.3 Å². The van der Waals surface area contributed by atoms with E-state index in [9.17, 15) is 5.11 Å². The number of hydrogen-bond acceptors (Lipinski definition) is 4. The molecule has 2 rings (SSSR count). The molecule has 0 fully saturated rings. The molecule has 4 heteroatoms. The number of nitrogens with one attached hydrogen (secondary N) is 1. The zero-order valence-corrected chi connectivity index (χ0v) is 10.7. The molecular weight excluding hydrogens is 238 g/mol. The normalized spacial score (nSPS) is 11.6. The standard InChI is InChI=1S/C15H15N3O/c1-11-7-8-17-15(13(11)9-16)18-14(10-19)12-5-3-2-4-6-12/h2-8,14,19H,10H2,1H3,(H,17,18). The first-order chi connectivity index (χ1) is 9.26. The maximum Gasteiger partial charge on any atom is 0.144 e. The van der Waals surface area contributed by atoms with Crippen LogP contribution in [0.5, 0.6) is 0 Å². The number of anilines is 1. The summed E-state index contributed by atoms with van der Waals surface area (Å²) in [7, 11) is 0. The fraction of sp³-hybridized carbons (Fsp3) is 0.200. The number of aryl methyl sites for hydroxylation is 1. The smallest absolute Gasteiger partial charge is 0.144 e. The Morgan fingerprint density at radius 3 is 2.68 bits per heavy atom. The summed E-state index contributed by atoms with van der Waals surface area (Å²) < 4.78 is 0. The zero-order valence-electron chi connectivity index (χ0n) is 10.7. The van der Waals surface area contributed by atoms with Crippen LogP contribution < -0.4 is 5.32 Å². The number of hydrogen-bond donors (Lipinski definition) is 2. The molecule has 0 radical (unpaired) electrons. The Bertz CT molecular complexity index is 590. The quantitative estimate of drug-likeness (QED) is 0.878. The molecule has 1 heterocycles. The molecule has 1 atom stereocenters. The molecule has 4 nitrogen and oxygen atoms in total. The summed E-state index contributed by atoms with van der Waals surface area (Å²) in [5.41, 5.74) is 2.33. The summed E-state index contributed by atoms with van der Waals surface area (Å²) in [6, 6.07) is 13.2. The molecule has 2 aromatic rings. The molecule has 1 aromatic heterocycles. The highest BCUT2D eigenvalue weighted by Gasteiger charge is 2.13. The molecule has 0 aliphatic heterocycles. The van der Waals surface area contributed by atoms with Crippen molar-refractivity contribution in [1.29, 1.82) is 5.26 Å². The maximum absolute atomic E-state index is 9.50. The lowest BCUT2D eigenvalue weighted by Crippen LogP contribution is -2.16. The third-order valence-electron chi connectivity index (χ3n) is 2.97. The third kappa shape index (κ3) is 2.90. The monoisotopic (exact) mass is 253 g/mol. The Hall–Kier alpha value is -2.38. The first-order valence-corrected chi connectivity index (χ1v) is 6.04. The fourth-order valence-corrected chi connectivity index (χ4v) is 1.89. The summed E-state index contributed by atoms with van der Waals surface area (Å²) in [4.78, 5) is 4.18. The van der Waals surface area contributed by atoms with Crippen LogP contribution in [0.4, 0.5) is 5.82 Å². The van der Waals surface area contributed by atoms with E-state index in [4.69, 9.17) is 5.26 Å². The number of rotatable bonds is 4. The highest BCUT2D eigenvalue weighted by atomic mass is 16.3. The van der Waals surface area contributed by atoms with Crippen molar-refractivity contribution in [1.82, 2.24) is 4.98 Å². The summed E-state index contributed by atoms with van der Waals surface area (Å²) in [6.45, 7) is 1.80. The van der Waals surface area contributed by atoms with Crippen molar-refractivity contribution >= 4 is 5.82 Å². The van der Waals surface area contributed by atoms with Crippen molar-refractivity contribution in [3.63, 3.8) is 0 Å². The predicted octanol–water partition coefficient (Wildman–Crippen LogP) is 2.41. The first kappa shape index (κ1) is 13.1. The van der Waals surface area contributed by atoms with E-state index in [1.54, 1.807) is 12.3 Å². The number of aromatic nitrogens is 1. The number of pyridine rings is 1. The molecule has 1 aromatic carbocycles. The number of nitriles is 1. The van der Waals surface area contributed by atoms with Crippen LogP contribution >= 0.6 is 0 Å². The Kier molecular flexibility index (Phi) is 4.11. The molecule has 96 valence electrons. The molecule has 1 unspecified atom stereocenters. The maximum atomic E-state index is 9.50. The highest BCUT2D eigenvalue weighted by molar-refractivity contribution is 5.56. The zero-order chi connectivity index (χ0) is 13.7. The van der Waals surface area contributed by atoms with Gasteiger partial charge < -0.3 is 10.4 Å². The van der Waals surface area contributed by atoms with E-state index in [-0.39, 0.29) is 12.6 Å². The van der Waals surface area contributed by atoms with E-state index in [0.717, 1.165) is 11.1 Å². The van der Waals surface area contributed by atoms with Crippen LogP contribution in [0.15, 0.2) is 42.6 Å². The van der Waals surface area contributed by atoms with Crippen molar-refractivity contribution < 1.29 is 5.11 Å². The van der Waals surface area contributed by atoms with Crippen LogP contribution in [0.3, 0.4) is 0 Å². The molecule has 2 N–H and O–H groups in total. The number of nitrogens with zero attached hydrogens (tertiary/aromatic N) is 2. The van der Waals surface area contributed by atoms with Gasteiger partial charge in [0.15, 0.2) is 0 Å². The van der Waals surface area contributed by atoms with Gasteiger partial charge in [-0.05, 0) is 24.1 Å². The van der Waals surface area contributed by atoms with Crippen LogP contribution in [-0.4, -0.2) is 16.7 Å². The summed E-state index contributed by atoms with van der Waals surface area (Å²) in [6.07, 6.45) is 1.65. The fourth-order valence-electron chi connectivity index (χ4n) is 1.89. The van der Waals surface area contributed by atoms with Crippen LogP contribution in [-0.2, 0) is 0 Å². The van der Waals surface area contributed by atoms with Crippen molar-refractivity contribution in [3.8, 4) is 6.07 Å². The van der Waals surface area contributed by atoms with Crippen LogP contribution in [0.25, 0.3) is 0 Å². The lowest BCUT2D eigenvalue weighted by molar-refractivity contribution is 0.276. The largest absolute Gasteiger partial charge is 0.394 e. The second kappa shape index (κ2) is 5.98. The van der Waals surface area contributed by atoms with Gasteiger partial charge in [0.25, 0.3) is 0 Å². The Labute approximate surface area is 112 Å². The minimum absolute atomic E-state index is 0.0650. The van der Waals surface area contributed by atoms with Gasteiger partial charge in [-0.15, -0.1) is 0 Å². The Morgan fingerprint density at radius 2 is 2.05 bits per heavy atom. The SMILES string of the molecule is Cc1ccnc(NC(CO)c2ccccc2)c1C#N. The van der Waals surface area contributed by atoms with Gasteiger partial charge in [-0.3, -0.25) is 0 Å². The Balaban J connectivity index is 2.30. The molecule has 0 saturated carbocycles. The lowest BCUT2D eigenvalue weighted by Gasteiger charge is -2.18. The van der Waals surface area contributed by atoms with Gasteiger partial charge in [0.1, 0.15) is 11.9 Å². The average molecular weight is 253 g/mol. The molecule has 0 amide bonds. The van der Waals surface area contributed by atoms with Crippen LogP contribution in [0, 0.1) is 18.3 Å². The second-order valence-electron chi connectivity index (χ2n) is 4.25. The summed E-state index contributed by atoms with van der Waals surface area (Å²) in [5, 5.41) is 21.8. The molecular formula is C15H15N3O. The highest BCUT2D eigenvalue weighted by Crippen LogP contribution is 2.21. The molecule has 0 spiro atoms. The van der Waals surface area contributed by atoms with Crippen LogP contribution in [0.1, 0.15) is 22.7 Å². The minimum Gasteiger partial charge on any atom is -0.394 e. The van der Waals surface area contributed by atoms with Gasteiger partial charge in [-0.1, -0.05) is 30.3 Å². The van der Waals surface area contributed by atoms with Gasteiger partial charge in [-0.25, -0.2) is 4.98 Å². The molecule has 0 saturated heterocycles. The lowest BCUT2D eigenvalue weighted by atomic mass is 10.1. The summed E-state index contributed by atoms with van der Waals surface area (Å²) in [5.74, 6) is 0.505. The van der Waals surface area contributed by atoms with Crippen molar-refractivity contribution in [2.45, 2.75) is 13.0 Å². The van der Waals surface area contributed by atoms with Crippen molar-refractivity contribution in [2.24, 2.45) is 0 Å². The van der Waals surface area contributed by atoms with Gasteiger partial charge >= 0.3 is 0 Å². The minimum atomic E-state index is -0.275. The van der Waals surface area contributed by atoms with Crippen LogP contribution in [0.2, 0.25) is 0 Å². The average Bonchev–Trinajstić information content (AvgIpc) is 2.46. The Morgan fingerprint density at radius 1 is 1.32 bits per heavy atom. The van der Waals surface area contributed by atoms with Gasteiger partial charge in [0, 0.05) is 6.20 Å².